The lowest BCUT2D eigenvalue weighted by Gasteiger charge is -2.11. The second kappa shape index (κ2) is 5.41. The van der Waals surface area contributed by atoms with E-state index in [-0.39, 0.29) is 11.9 Å². The molecule has 1 aromatic heterocycles. The van der Waals surface area contributed by atoms with Gasteiger partial charge in [0.1, 0.15) is 5.75 Å². The molecule has 1 fully saturated rings. The summed E-state index contributed by atoms with van der Waals surface area (Å²) in [5.74, 6) is 0.716. The monoisotopic (exact) mass is 288 g/mol. The van der Waals surface area contributed by atoms with Crippen molar-refractivity contribution in [1.29, 1.82) is 0 Å². The molecule has 5 heteroatoms. The van der Waals surface area contributed by atoms with Crippen LogP contribution in [0.4, 0.5) is 0 Å². The molecule has 1 saturated heterocycles. The molecule has 5 nitrogen and oxygen atoms in total. The van der Waals surface area contributed by atoms with Crippen LogP contribution in [0.2, 0.25) is 0 Å². The molecule has 3 rings (SSSR count). The average Bonchev–Trinajstić information content (AvgIpc) is 3.06. The average molecular weight is 288 g/mol. The molecule has 0 spiro atoms. The Labute approximate surface area is 123 Å². The molecule has 112 valence electrons. The topological polar surface area (TPSA) is 52.5 Å². The minimum Gasteiger partial charge on any atom is -0.497 e. The number of nitrogens with one attached hydrogen (secondary N) is 1. The van der Waals surface area contributed by atoms with Gasteiger partial charge in [0, 0.05) is 30.3 Å². The Balaban J connectivity index is 2.03. The molecular weight excluding hydrogens is 268 g/mol. The summed E-state index contributed by atoms with van der Waals surface area (Å²) in [5, 5.41) is 3.98. The minimum absolute atomic E-state index is 0.0400. The van der Waals surface area contributed by atoms with Crippen molar-refractivity contribution in [2.45, 2.75) is 19.4 Å². The fourth-order valence-electron chi connectivity index (χ4n) is 2.87. The van der Waals surface area contributed by atoms with Gasteiger partial charge in [-0.25, -0.2) is 0 Å². The summed E-state index contributed by atoms with van der Waals surface area (Å²) in [6, 6.07) is 5.92. The van der Waals surface area contributed by atoms with Gasteiger partial charge in [0.25, 0.3) is 5.91 Å². The number of aryl methyl sites for hydroxylation is 1. The largest absolute Gasteiger partial charge is 0.497 e. The van der Waals surface area contributed by atoms with Crippen LogP contribution in [0, 0.1) is 6.92 Å². The Bertz CT molecular complexity index is 684. The van der Waals surface area contributed by atoms with Crippen LogP contribution in [-0.4, -0.2) is 36.8 Å². The van der Waals surface area contributed by atoms with E-state index in [0.29, 0.717) is 13.2 Å². The maximum absolute atomic E-state index is 12.6. The van der Waals surface area contributed by atoms with E-state index in [9.17, 15) is 4.79 Å². The van der Waals surface area contributed by atoms with Gasteiger partial charge >= 0.3 is 0 Å². The molecule has 1 amide bonds. The number of amides is 1. The number of benzene rings is 1. The highest BCUT2D eigenvalue weighted by Crippen LogP contribution is 2.28. The summed E-state index contributed by atoms with van der Waals surface area (Å²) in [6.07, 6.45) is 0.874. The van der Waals surface area contributed by atoms with Crippen LogP contribution in [-0.2, 0) is 11.8 Å². The van der Waals surface area contributed by atoms with Crippen LogP contribution in [0.5, 0.6) is 5.75 Å². The van der Waals surface area contributed by atoms with Gasteiger partial charge in [0.15, 0.2) is 0 Å². The molecule has 1 N–H and O–H groups in total. The maximum Gasteiger partial charge on any atom is 0.254 e. The van der Waals surface area contributed by atoms with E-state index in [1.54, 1.807) is 7.11 Å². The Morgan fingerprint density at radius 3 is 2.95 bits per heavy atom. The van der Waals surface area contributed by atoms with Gasteiger partial charge in [-0.05, 0) is 31.5 Å². The zero-order chi connectivity index (χ0) is 15.0. The summed E-state index contributed by atoms with van der Waals surface area (Å²) in [5.41, 5.74) is 2.70. The lowest BCUT2D eigenvalue weighted by molar-refractivity contribution is 0.0930. The summed E-state index contributed by atoms with van der Waals surface area (Å²) in [7, 11) is 3.60. The molecule has 0 unspecified atom stereocenters. The zero-order valence-electron chi connectivity index (χ0n) is 12.6. The van der Waals surface area contributed by atoms with Crippen molar-refractivity contribution in [1.82, 2.24) is 9.88 Å². The molecule has 0 saturated carbocycles. The van der Waals surface area contributed by atoms with E-state index < -0.39 is 0 Å². The number of rotatable bonds is 3. The normalized spacial score (nSPS) is 18.1. The molecule has 2 aromatic rings. The number of methoxy groups -OCH3 is 1. The lowest BCUT2D eigenvalue weighted by atomic mass is 10.1. The predicted octanol–water partition coefficient (Wildman–Crippen LogP) is 2.01. The molecule has 1 aliphatic rings. The first kappa shape index (κ1) is 13.9. The van der Waals surface area contributed by atoms with E-state index in [1.165, 1.54) is 0 Å². The SMILES string of the molecule is COc1ccc2c(c1)c(C(=O)N[C@@H]1CCOC1)c(C)n2C. The quantitative estimate of drug-likeness (QED) is 0.940. The maximum atomic E-state index is 12.6. The second-order valence-electron chi connectivity index (χ2n) is 5.44. The molecule has 21 heavy (non-hydrogen) atoms. The van der Waals surface area contributed by atoms with Gasteiger partial charge in [-0.2, -0.15) is 0 Å². The first-order valence-corrected chi connectivity index (χ1v) is 7.13. The van der Waals surface area contributed by atoms with Crippen molar-refractivity contribution >= 4 is 16.8 Å². The highest BCUT2D eigenvalue weighted by atomic mass is 16.5. The number of nitrogens with zero attached hydrogens (tertiary/aromatic N) is 1. The number of aromatic nitrogens is 1. The Morgan fingerprint density at radius 2 is 2.29 bits per heavy atom. The predicted molar refractivity (Wildman–Crippen MR) is 80.9 cm³/mol. The van der Waals surface area contributed by atoms with Crippen molar-refractivity contribution in [3.8, 4) is 5.75 Å². The first-order valence-electron chi connectivity index (χ1n) is 7.13. The van der Waals surface area contributed by atoms with Gasteiger partial charge < -0.3 is 19.4 Å². The molecule has 1 atom stereocenters. The fraction of sp³-hybridized carbons (Fsp3) is 0.438. The van der Waals surface area contributed by atoms with E-state index in [0.717, 1.165) is 34.3 Å². The zero-order valence-corrected chi connectivity index (χ0v) is 12.6. The summed E-state index contributed by atoms with van der Waals surface area (Å²) in [6.45, 7) is 3.28. The molecule has 0 radical (unpaired) electrons. The van der Waals surface area contributed by atoms with E-state index in [2.05, 4.69) is 5.32 Å². The van der Waals surface area contributed by atoms with Crippen molar-refractivity contribution in [2.75, 3.05) is 20.3 Å². The smallest absolute Gasteiger partial charge is 0.254 e. The number of carbonyl (C=O) groups is 1. The van der Waals surface area contributed by atoms with Crippen LogP contribution in [0.3, 0.4) is 0 Å². The standard InChI is InChI=1S/C16H20N2O3/c1-10-15(16(19)17-11-6-7-21-9-11)13-8-12(20-3)4-5-14(13)18(10)2/h4-5,8,11H,6-7,9H2,1-3H3,(H,17,19)/t11-/m1/s1. The van der Waals surface area contributed by atoms with Crippen LogP contribution in [0.1, 0.15) is 22.5 Å². The van der Waals surface area contributed by atoms with Crippen molar-refractivity contribution < 1.29 is 14.3 Å². The van der Waals surface area contributed by atoms with Crippen LogP contribution < -0.4 is 10.1 Å². The van der Waals surface area contributed by atoms with Crippen molar-refractivity contribution in [3.05, 3.63) is 29.5 Å². The third-order valence-electron chi connectivity index (χ3n) is 4.19. The van der Waals surface area contributed by atoms with Gasteiger partial charge in [-0.3, -0.25) is 4.79 Å². The number of ether oxygens (including phenoxy) is 2. The Kier molecular flexibility index (Phi) is 3.59. The second-order valence-corrected chi connectivity index (χ2v) is 5.44. The van der Waals surface area contributed by atoms with Gasteiger partial charge in [-0.15, -0.1) is 0 Å². The number of fused-ring (bicyclic) bond motifs is 1. The number of hydrogen-bond donors (Lipinski definition) is 1. The molecule has 1 aromatic carbocycles. The van der Waals surface area contributed by atoms with Crippen LogP contribution >= 0.6 is 0 Å². The van der Waals surface area contributed by atoms with Crippen LogP contribution in [0.15, 0.2) is 18.2 Å². The highest BCUT2D eigenvalue weighted by Gasteiger charge is 2.23. The van der Waals surface area contributed by atoms with Crippen molar-refractivity contribution in [3.63, 3.8) is 0 Å². The van der Waals surface area contributed by atoms with E-state index in [4.69, 9.17) is 9.47 Å². The van der Waals surface area contributed by atoms with Crippen molar-refractivity contribution in [2.24, 2.45) is 7.05 Å². The summed E-state index contributed by atoms with van der Waals surface area (Å²) >= 11 is 0. The van der Waals surface area contributed by atoms with Crippen LogP contribution in [0.25, 0.3) is 10.9 Å². The van der Waals surface area contributed by atoms with Gasteiger partial charge in [0.2, 0.25) is 0 Å². The van der Waals surface area contributed by atoms with Gasteiger partial charge in [0.05, 0.1) is 25.3 Å². The Hall–Kier alpha value is -2.01. The third-order valence-corrected chi connectivity index (χ3v) is 4.19. The number of hydrogen-bond acceptors (Lipinski definition) is 3. The molecular formula is C16H20N2O3. The van der Waals surface area contributed by atoms with Gasteiger partial charge in [-0.1, -0.05) is 0 Å². The molecule has 0 bridgehead atoms. The van der Waals surface area contributed by atoms with E-state index >= 15 is 0 Å². The number of carbonyl (C=O) groups excluding carboxylic acids is 1. The summed E-state index contributed by atoms with van der Waals surface area (Å²) in [4.78, 5) is 12.6. The molecule has 0 aliphatic carbocycles. The minimum atomic E-state index is -0.0400. The first-order chi connectivity index (χ1) is 10.1. The molecule has 2 heterocycles. The molecule has 1 aliphatic heterocycles. The third kappa shape index (κ3) is 2.38. The fourth-order valence-corrected chi connectivity index (χ4v) is 2.87. The lowest BCUT2D eigenvalue weighted by Crippen LogP contribution is -2.35. The highest BCUT2D eigenvalue weighted by molar-refractivity contribution is 6.08. The Morgan fingerprint density at radius 1 is 1.48 bits per heavy atom. The van der Waals surface area contributed by atoms with E-state index in [1.807, 2.05) is 36.7 Å². The summed E-state index contributed by atoms with van der Waals surface area (Å²) < 4.78 is 12.6.